The Morgan fingerprint density at radius 3 is 2.77 bits per heavy atom. The number of aliphatic imine (C=N–C) groups is 1. The van der Waals surface area contributed by atoms with E-state index in [0.29, 0.717) is 29.9 Å². The number of benzene rings is 1. The summed E-state index contributed by atoms with van der Waals surface area (Å²) in [6, 6.07) is 7.68. The summed E-state index contributed by atoms with van der Waals surface area (Å²) in [6.07, 6.45) is 1.27. The van der Waals surface area contributed by atoms with Crippen molar-refractivity contribution in [3.8, 4) is 11.3 Å². The minimum Gasteiger partial charge on any atom is -0.444 e. The number of thiocarbonyl (C=S) groups is 1. The molecule has 162 valence electrons. The number of anilines is 2. The number of nitrogens with zero attached hydrogens (tertiary/aromatic N) is 3. The Hall–Kier alpha value is -3.60. The van der Waals surface area contributed by atoms with Gasteiger partial charge in [-0.25, -0.2) is 9.18 Å². The van der Waals surface area contributed by atoms with Gasteiger partial charge < -0.3 is 26.3 Å². The molecular weight excluding hydrogens is 423 g/mol. The molecule has 1 aromatic heterocycles. The quantitative estimate of drug-likeness (QED) is 0.351. The number of cyclic esters (lactones) is 1. The molecule has 1 aliphatic rings. The van der Waals surface area contributed by atoms with Crippen molar-refractivity contribution in [2.24, 2.45) is 16.5 Å². The zero-order chi connectivity index (χ0) is 22.5. The Kier molecular flexibility index (Phi) is 6.75. The van der Waals surface area contributed by atoms with Crippen LogP contribution in [0.25, 0.3) is 11.3 Å². The SMILES string of the molecule is CC(=O)CC[C@H]1CN(c2ccc(-c3ccc(NC(=S)N=C(N)N)cn3)c(F)c2)C(=O)O1. The predicted molar refractivity (Wildman–Crippen MR) is 119 cm³/mol. The molecule has 0 radical (unpaired) electrons. The van der Waals surface area contributed by atoms with Crippen LogP contribution < -0.4 is 21.7 Å². The zero-order valence-corrected chi connectivity index (χ0v) is 17.5. The molecule has 2 heterocycles. The maximum Gasteiger partial charge on any atom is 0.414 e. The highest BCUT2D eigenvalue weighted by atomic mass is 32.1. The molecule has 31 heavy (non-hydrogen) atoms. The Bertz CT molecular complexity index is 1040. The summed E-state index contributed by atoms with van der Waals surface area (Å²) >= 11 is 4.97. The number of carbonyl (C=O) groups excluding carboxylic acids is 2. The highest BCUT2D eigenvalue weighted by Gasteiger charge is 2.32. The summed E-state index contributed by atoms with van der Waals surface area (Å²) in [5.74, 6) is -0.685. The van der Waals surface area contributed by atoms with Crippen molar-refractivity contribution in [2.75, 3.05) is 16.8 Å². The molecule has 0 unspecified atom stereocenters. The van der Waals surface area contributed by atoms with Crippen molar-refractivity contribution in [1.82, 2.24) is 4.98 Å². The lowest BCUT2D eigenvalue weighted by molar-refractivity contribution is -0.117. The number of nitrogens with two attached hydrogens (primary N) is 2. The maximum absolute atomic E-state index is 14.8. The molecule has 1 saturated heterocycles. The van der Waals surface area contributed by atoms with Gasteiger partial charge in [0, 0.05) is 12.0 Å². The van der Waals surface area contributed by atoms with Gasteiger partial charge in [-0.05, 0) is 55.9 Å². The van der Waals surface area contributed by atoms with Crippen molar-refractivity contribution < 1.29 is 18.7 Å². The molecule has 1 aromatic carbocycles. The van der Waals surface area contributed by atoms with Gasteiger partial charge in [-0.15, -0.1) is 0 Å². The molecular formula is C20H21FN6O3S. The van der Waals surface area contributed by atoms with Crippen LogP contribution in [-0.4, -0.2) is 40.6 Å². The number of amides is 1. The highest BCUT2D eigenvalue weighted by molar-refractivity contribution is 7.80. The van der Waals surface area contributed by atoms with Crippen LogP contribution in [-0.2, 0) is 9.53 Å². The van der Waals surface area contributed by atoms with Crippen molar-refractivity contribution >= 4 is 46.5 Å². The number of rotatable bonds is 6. The third kappa shape index (κ3) is 5.72. The van der Waals surface area contributed by atoms with Gasteiger partial charge in [0.25, 0.3) is 0 Å². The van der Waals surface area contributed by atoms with Gasteiger partial charge in [0.2, 0.25) is 5.11 Å². The molecule has 1 amide bonds. The molecule has 2 aromatic rings. The summed E-state index contributed by atoms with van der Waals surface area (Å²) in [6.45, 7) is 1.75. The van der Waals surface area contributed by atoms with Gasteiger partial charge in [0.1, 0.15) is 17.7 Å². The van der Waals surface area contributed by atoms with E-state index in [9.17, 15) is 14.0 Å². The first-order valence-electron chi connectivity index (χ1n) is 9.37. The summed E-state index contributed by atoms with van der Waals surface area (Å²) in [7, 11) is 0. The fourth-order valence-corrected chi connectivity index (χ4v) is 3.25. The number of guanidine groups is 1. The number of carbonyl (C=O) groups is 2. The second kappa shape index (κ2) is 9.47. The average molecular weight is 444 g/mol. The third-order valence-corrected chi connectivity index (χ3v) is 4.67. The molecule has 0 spiro atoms. The molecule has 5 N–H and O–H groups in total. The average Bonchev–Trinajstić information content (AvgIpc) is 3.07. The van der Waals surface area contributed by atoms with Gasteiger partial charge >= 0.3 is 6.09 Å². The summed E-state index contributed by atoms with van der Waals surface area (Å²) in [4.78, 5) is 32.5. The molecule has 11 heteroatoms. The third-order valence-electron chi connectivity index (χ3n) is 4.48. The lowest BCUT2D eigenvalue weighted by Gasteiger charge is -2.14. The zero-order valence-electron chi connectivity index (χ0n) is 16.7. The van der Waals surface area contributed by atoms with Crippen LogP contribution in [0.2, 0.25) is 0 Å². The van der Waals surface area contributed by atoms with Crippen molar-refractivity contribution in [2.45, 2.75) is 25.9 Å². The highest BCUT2D eigenvalue weighted by Crippen LogP contribution is 2.29. The molecule has 0 bridgehead atoms. The second-order valence-electron chi connectivity index (χ2n) is 6.92. The fraction of sp³-hybridized carbons (Fsp3) is 0.250. The summed E-state index contributed by atoms with van der Waals surface area (Å²) in [5.41, 5.74) is 12.1. The number of ketones is 1. The number of hydrogen-bond donors (Lipinski definition) is 3. The number of aromatic nitrogens is 1. The van der Waals surface area contributed by atoms with Crippen molar-refractivity contribution in [3.63, 3.8) is 0 Å². The van der Waals surface area contributed by atoms with Crippen LogP contribution in [0.1, 0.15) is 19.8 Å². The topological polar surface area (TPSA) is 136 Å². The first kappa shape index (κ1) is 22.1. The first-order valence-corrected chi connectivity index (χ1v) is 9.78. The Morgan fingerprint density at radius 2 is 2.16 bits per heavy atom. The number of hydrogen-bond acceptors (Lipinski definition) is 5. The normalized spacial score (nSPS) is 15.4. The summed E-state index contributed by atoms with van der Waals surface area (Å²) < 4.78 is 20.0. The van der Waals surface area contributed by atoms with Crippen LogP contribution in [0.5, 0.6) is 0 Å². The number of pyridine rings is 1. The van der Waals surface area contributed by atoms with E-state index in [4.69, 9.17) is 28.4 Å². The van der Waals surface area contributed by atoms with Crippen molar-refractivity contribution in [1.29, 1.82) is 0 Å². The Labute approximate surface area is 183 Å². The number of ether oxygens (including phenoxy) is 1. The second-order valence-corrected chi connectivity index (χ2v) is 7.31. The molecule has 0 aliphatic carbocycles. The lowest BCUT2D eigenvalue weighted by Crippen LogP contribution is -2.25. The van der Waals surface area contributed by atoms with Crippen LogP contribution in [0, 0.1) is 5.82 Å². The number of nitrogens with one attached hydrogen (secondary N) is 1. The Morgan fingerprint density at radius 1 is 1.39 bits per heavy atom. The fourth-order valence-electron chi connectivity index (χ4n) is 3.02. The standard InChI is InChI=1S/C20H21FN6O3S/c1-11(28)2-5-14-10-27(20(29)30-14)13-4-6-15(16(21)8-13)17-7-3-12(9-24-17)25-19(31)26-18(22)23/h3-4,6-9,14H,2,5,10H2,1H3,(H5,22,23,25,26,31)/t14-/m0/s1. The van der Waals surface area contributed by atoms with E-state index in [1.54, 1.807) is 24.3 Å². The van der Waals surface area contributed by atoms with Gasteiger partial charge in [0.15, 0.2) is 5.96 Å². The minimum atomic E-state index is -0.564. The monoisotopic (exact) mass is 444 g/mol. The van der Waals surface area contributed by atoms with Gasteiger partial charge in [0.05, 0.1) is 29.8 Å². The lowest BCUT2D eigenvalue weighted by atomic mass is 10.1. The summed E-state index contributed by atoms with van der Waals surface area (Å²) in [5, 5.41) is 2.86. The molecule has 1 aliphatic heterocycles. The molecule has 3 rings (SSSR count). The van der Waals surface area contributed by atoms with Crippen molar-refractivity contribution in [3.05, 3.63) is 42.3 Å². The van der Waals surface area contributed by atoms with Crippen LogP contribution >= 0.6 is 12.2 Å². The van der Waals surface area contributed by atoms with E-state index < -0.39 is 18.0 Å². The van der Waals surface area contributed by atoms with E-state index in [2.05, 4.69) is 15.3 Å². The molecule has 1 fully saturated rings. The smallest absolute Gasteiger partial charge is 0.414 e. The van der Waals surface area contributed by atoms with Crippen LogP contribution in [0.15, 0.2) is 41.5 Å². The van der Waals surface area contributed by atoms with Gasteiger partial charge in [-0.3, -0.25) is 9.88 Å². The van der Waals surface area contributed by atoms with E-state index >= 15 is 0 Å². The number of halogens is 1. The van der Waals surface area contributed by atoms with E-state index in [1.165, 1.54) is 24.1 Å². The van der Waals surface area contributed by atoms with E-state index in [0.717, 1.165) is 0 Å². The van der Waals surface area contributed by atoms with E-state index in [-0.39, 0.29) is 29.0 Å². The van der Waals surface area contributed by atoms with Crippen LogP contribution in [0.4, 0.5) is 20.6 Å². The first-order chi connectivity index (χ1) is 14.7. The minimum absolute atomic E-state index is 0.0247. The van der Waals surface area contributed by atoms with Crippen LogP contribution in [0.3, 0.4) is 0 Å². The Balaban J connectivity index is 1.71. The molecule has 0 saturated carbocycles. The van der Waals surface area contributed by atoms with Gasteiger partial charge in [-0.2, -0.15) is 4.99 Å². The van der Waals surface area contributed by atoms with E-state index in [1.807, 2.05) is 0 Å². The molecule has 1 atom stereocenters. The molecule has 9 nitrogen and oxygen atoms in total. The largest absolute Gasteiger partial charge is 0.444 e. The number of Topliss-reactive ketones (excluding diaryl/α,β-unsaturated/α-hetero) is 1. The van der Waals surface area contributed by atoms with Gasteiger partial charge in [-0.1, -0.05) is 0 Å². The maximum atomic E-state index is 14.8. The predicted octanol–water partition coefficient (Wildman–Crippen LogP) is 2.55.